The molecule has 0 aliphatic carbocycles. The van der Waals surface area contributed by atoms with Gasteiger partial charge in [-0.15, -0.1) is 6.58 Å². The molecule has 0 radical (unpaired) electrons. The van der Waals surface area contributed by atoms with Gasteiger partial charge in [0.05, 0.1) is 0 Å². The van der Waals surface area contributed by atoms with Crippen LogP contribution in [0.1, 0.15) is 12.5 Å². The number of halogens is 2. The van der Waals surface area contributed by atoms with Crippen LogP contribution in [0.2, 0.25) is 0 Å². The fourth-order valence-corrected chi connectivity index (χ4v) is 1.44. The van der Waals surface area contributed by atoms with Crippen LogP contribution in [0.4, 0.5) is 8.78 Å². The van der Waals surface area contributed by atoms with E-state index in [1.165, 1.54) is 6.07 Å². The molecular formula is C12H15F2N. The molecule has 0 amide bonds. The predicted molar refractivity (Wildman–Crippen MR) is 57.7 cm³/mol. The van der Waals surface area contributed by atoms with Gasteiger partial charge in [-0.2, -0.15) is 0 Å². The molecule has 0 aliphatic heterocycles. The largest absolute Gasteiger partial charge is 0.310 e. The highest BCUT2D eigenvalue weighted by Gasteiger charge is 2.11. The first kappa shape index (κ1) is 11.9. The molecule has 1 N–H and O–H groups in total. The van der Waals surface area contributed by atoms with E-state index in [9.17, 15) is 8.78 Å². The second-order valence-electron chi connectivity index (χ2n) is 3.32. The van der Waals surface area contributed by atoms with Crippen LogP contribution < -0.4 is 5.32 Å². The van der Waals surface area contributed by atoms with Crippen molar-refractivity contribution in [3.05, 3.63) is 48.1 Å². The molecule has 0 heterocycles. The van der Waals surface area contributed by atoms with E-state index >= 15 is 0 Å². The number of hydrogen-bond acceptors (Lipinski definition) is 1. The third-order valence-corrected chi connectivity index (χ3v) is 2.22. The molecular weight excluding hydrogens is 196 g/mol. The lowest BCUT2D eigenvalue weighted by atomic mass is 10.1. The molecule has 0 aliphatic rings. The van der Waals surface area contributed by atoms with Crippen LogP contribution in [0.25, 0.3) is 0 Å². The Morgan fingerprint density at radius 1 is 1.47 bits per heavy atom. The first-order chi connectivity index (χ1) is 7.19. The summed E-state index contributed by atoms with van der Waals surface area (Å²) in [6, 6.07) is 4.20. The lowest BCUT2D eigenvalue weighted by molar-refractivity contribution is 0.491. The summed E-state index contributed by atoms with van der Waals surface area (Å²) in [6.45, 7) is 6.38. The molecule has 0 saturated carbocycles. The standard InChI is InChI=1S/C12H15F2N/c1-3-10(15-4-2)8-9-6-5-7-11(13)12(9)14/h3,5-7,10,15H,1,4,8H2,2H3. The Kier molecular flexibility index (Phi) is 4.43. The summed E-state index contributed by atoms with van der Waals surface area (Å²) < 4.78 is 26.2. The molecule has 0 saturated heterocycles. The molecule has 1 atom stereocenters. The average molecular weight is 211 g/mol. The van der Waals surface area contributed by atoms with Crippen molar-refractivity contribution in [1.29, 1.82) is 0 Å². The summed E-state index contributed by atoms with van der Waals surface area (Å²) in [6.07, 6.45) is 2.12. The van der Waals surface area contributed by atoms with Gasteiger partial charge in [0.15, 0.2) is 11.6 Å². The minimum atomic E-state index is -0.799. The van der Waals surface area contributed by atoms with Gasteiger partial charge in [-0.05, 0) is 24.6 Å². The highest BCUT2D eigenvalue weighted by molar-refractivity contribution is 5.20. The number of rotatable bonds is 5. The Hall–Kier alpha value is -1.22. The van der Waals surface area contributed by atoms with E-state index in [0.717, 1.165) is 12.6 Å². The molecule has 82 valence electrons. The van der Waals surface area contributed by atoms with E-state index < -0.39 is 11.6 Å². The monoisotopic (exact) mass is 211 g/mol. The van der Waals surface area contributed by atoms with Gasteiger partial charge in [-0.3, -0.25) is 0 Å². The summed E-state index contributed by atoms with van der Waals surface area (Å²) >= 11 is 0. The first-order valence-corrected chi connectivity index (χ1v) is 4.97. The molecule has 0 spiro atoms. The Morgan fingerprint density at radius 2 is 2.20 bits per heavy atom. The van der Waals surface area contributed by atoms with E-state index in [4.69, 9.17) is 0 Å². The molecule has 3 heteroatoms. The number of nitrogens with one attached hydrogen (secondary N) is 1. The quantitative estimate of drug-likeness (QED) is 0.738. The van der Waals surface area contributed by atoms with Gasteiger partial charge in [-0.1, -0.05) is 25.1 Å². The lowest BCUT2D eigenvalue weighted by Crippen LogP contribution is -2.29. The average Bonchev–Trinajstić information content (AvgIpc) is 2.24. The summed E-state index contributed by atoms with van der Waals surface area (Å²) in [5.74, 6) is -1.56. The summed E-state index contributed by atoms with van der Waals surface area (Å²) in [7, 11) is 0. The number of benzene rings is 1. The molecule has 0 fully saturated rings. The maximum absolute atomic E-state index is 13.3. The topological polar surface area (TPSA) is 12.0 Å². The van der Waals surface area contributed by atoms with Crippen LogP contribution in [0.5, 0.6) is 0 Å². The van der Waals surface area contributed by atoms with E-state index in [1.54, 1.807) is 12.1 Å². The number of hydrogen-bond donors (Lipinski definition) is 1. The van der Waals surface area contributed by atoms with Crippen molar-refractivity contribution in [2.75, 3.05) is 6.54 Å². The van der Waals surface area contributed by atoms with Crippen molar-refractivity contribution in [1.82, 2.24) is 5.32 Å². The predicted octanol–water partition coefficient (Wildman–Crippen LogP) is 2.67. The Morgan fingerprint density at radius 3 is 2.80 bits per heavy atom. The van der Waals surface area contributed by atoms with Gasteiger partial charge in [0, 0.05) is 6.04 Å². The van der Waals surface area contributed by atoms with Crippen LogP contribution in [0, 0.1) is 11.6 Å². The van der Waals surface area contributed by atoms with Gasteiger partial charge in [0.1, 0.15) is 0 Å². The third-order valence-electron chi connectivity index (χ3n) is 2.22. The van der Waals surface area contributed by atoms with Gasteiger partial charge in [0.25, 0.3) is 0 Å². The zero-order chi connectivity index (χ0) is 11.3. The second kappa shape index (κ2) is 5.61. The van der Waals surface area contributed by atoms with Gasteiger partial charge in [0.2, 0.25) is 0 Å². The van der Waals surface area contributed by atoms with Crippen molar-refractivity contribution in [2.24, 2.45) is 0 Å². The number of likely N-dealkylation sites (N-methyl/N-ethyl adjacent to an activating group) is 1. The van der Waals surface area contributed by atoms with Gasteiger partial charge in [-0.25, -0.2) is 8.78 Å². The fraction of sp³-hybridized carbons (Fsp3) is 0.333. The van der Waals surface area contributed by atoms with Crippen molar-refractivity contribution in [3.8, 4) is 0 Å². The maximum atomic E-state index is 13.3. The second-order valence-corrected chi connectivity index (χ2v) is 3.32. The molecule has 1 unspecified atom stereocenters. The highest BCUT2D eigenvalue weighted by atomic mass is 19.2. The van der Waals surface area contributed by atoms with Crippen LogP contribution in [0.3, 0.4) is 0 Å². The van der Waals surface area contributed by atoms with E-state index in [1.807, 2.05) is 6.92 Å². The zero-order valence-electron chi connectivity index (χ0n) is 8.76. The third kappa shape index (κ3) is 3.13. The van der Waals surface area contributed by atoms with Crippen LogP contribution in [-0.2, 0) is 6.42 Å². The van der Waals surface area contributed by atoms with Crippen LogP contribution in [0.15, 0.2) is 30.9 Å². The van der Waals surface area contributed by atoms with Crippen LogP contribution in [-0.4, -0.2) is 12.6 Å². The fourth-order valence-electron chi connectivity index (χ4n) is 1.44. The summed E-state index contributed by atoms with van der Waals surface area (Å²) in [5.41, 5.74) is 0.376. The molecule has 15 heavy (non-hydrogen) atoms. The molecule has 1 aromatic carbocycles. The summed E-state index contributed by atoms with van der Waals surface area (Å²) in [4.78, 5) is 0. The molecule has 1 rings (SSSR count). The van der Waals surface area contributed by atoms with Gasteiger partial charge >= 0.3 is 0 Å². The Bertz CT molecular complexity index is 336. The summed E-state index contributed by atoms with van der Waals surface area (Å²) in [5, 5.41) is 3.12. The molecule has 0 aromatic heterocycles. The molecule has 0 bridgehead atoms. The Labute approximate surface area is 88.8 Å². The Balaban J connectivity index is 2.78. The van der Waals surface area contributed by atoms with Gasteiger partial charge < -0.3 is 5.32 Å². The minimum Gasteiger partial charge on any atom is -0.310 e. The van der Waals surface area contributed by atoms with Crippen LogP contribution >= 0.6 is 0 Å². The molecule has 1 aromatic rings. The van der Waals surface area contributed by atoms with E-state index in [2.05, 4.69) is 11.9 Å². The lowest BCUT2D eigenvalue weighted by Gasteiger charge is -2.13. The normalized spacial score (nSPS) is 12.5. The molecule has 1 nitrogen and oxygen atoms in total. The minimum absolute atomic E-state index is 0.0219. The van der Waals surface area contributed by atoms with E-state index in [-0.39, 0.29) is 6.04 Å². The van der Waals surface area contributed by atoms with Crippen molar-refractivity contribution in [3.63, 3.8) is 0 Å². The SMILES string of the molecule is C=CC(Cc1cccc(F)c1F)NCC. The van der Waals surface area contributed by atoms with Crippen molar-refractivity contribution < 1.29 is 8.78 Å². The maximum Gasteiger partial charge on any atom is 0.162 e. The first-order valence-electron chi connectivity index (χ1n) is 4.97. The smallest absolute Gasteiger partial charge is 0.162 e. The van der Waals surface area contributed by atoms with Crippen molar-refractivity contribution >= 4 is 0 Å². The van der Waals surface area contributed by atoms with E-state index in [0.29, 0.717) is 12.0 Å². The zero-order valence-corrected chi connectivity index (χ0v) is 8.76. The highest BCUT2D eigenvalue weighted by Crippen LogP contribution is 2.13. The van der Waals surface area contributed by atoms with Crippen molar-refractivity contribution in [2.45, 2.75) is 19.4 Å².